The number of hydrogen-bond donors (Lipinski definition) is 0. The van der Waals surface area contributed by atoms with Crippen molar-refractivity contribution in [1.29, 1.82) is 0 Å². The third kappa shape index (κ3) is 3.02. The van der Waals surface area contributed by atoms with Crippen molar-refractivity contribution >= 4 is 12.2 Å². The summed E-state index contributed by atoms with van der Waals surface area (Å²) in [4.78, 5) is 9.58. The predicted molar refractivity (Wildman–Crippen MR) is 45.7 cm³/mol. The molecule has 0 saturated carbocycles. The highest BCUT2D eigenvalue weighted by atomic mass is 15.1. The summed E-state index contributed by atoms with van der Waals surface area (Å²) in [6, 6.07) is 0. The molecule has 0 saturated heterocycles. The lowest BCUT2D eigenvalue weighted by atomic mass is 10.5. The van der Waals surface area contributed by atoms with Gasteiger partial charge in [-0.3, -0.25) is 4.99 Å². The fourth-order valence-electron chi connectivity index (χ4n) is 0.468. The molecule has 0 heterocycles. The molecule has 0 rings (SSSR count). The molecule has 10 heavy (non-hydrogen) atoms. The van der Waals surface area contributed by atoms with E-state index in [2.05, 4.69) is 16.6 Å². The van der Waals surface area contributed by atoms with Crippen molar-refractivity contribution in [3.8, 4) is 0 Å². The maximum atomic E-state index is 3.99. The Bertz CT molecular complexity index is 156. The van der Waals surface area contributed by atoms with Crippen LogP contribution >= 0.6 is 0 Å². The Morgan fingerprint density at radius 3 is 2.40 bits per heavy atom. The lowest BCUT2D eigenvalue weighted by molar-refractivity contribution is 0.628. The van der Waals surface area contributed by atoms with Crippen molar-refractivity contribution in [3.05, 3.63) is 12.7 Å². The zero-order chi connectivity index (χ0) is 7.98. The SMILES string of the molecule is C=CC(=NC=NC)N(C)C. The van der Waals surface area contributed by atoms with Gasteiger partial charge in [0.25, 0.3) is 0 Å². The maximum Gasteiger partial charge on any atom is 0.129 e. The fourth-order valence-corrected chi connectivity index (χ4v) is 0.468. The first-order valence-corrected chi connectivity index (χ1v) is 3.00. The molecule has 0 aromatic rings. The van der Waals surface area contributed by atoms with Crippen LogP contribution in [0.3, 0.4) is 0 Å². The van der Waals surface area contributed by atoms with Crippen LogP contribution in [0.4, 0.5) is 0 Å². The first-order chi connectivity index (χ1) is 4.72. The maximum absolute atomic E-state index is 3.99. The minimum atomic E-state index is 0.811. The zero-order valence-electron chi connectivity index (χ0n) is 6.70. The average molecular weight is 139 g/mol. The van der Waals surface area contributed by atoms with Gasteiger partial charge < -0.3 is 4.90 Å². The largest absolute Gasteiger partial charge is 0.363 e. The summed E-state index contributed by atoms with van der Waals surface area (Å²) >= 11 is 0. The lowest BCUT2D eigenvalue weighted by Crippen LogP contribution is -2.19. The Kier molecular flexibility index (Phi) is 4.20. The smallest absolute Gasteiger partial charge is 0.129 e. The summed E-state index contributed by atoms with van der Waals surface area (Å²) in [6.07, 6.45) is 3.18. The standard InChI is InChI=1S/C7H13N3/c1-5-7(10(3)4)9-6-8-2/h5-6H,1H2,2-4H3. The summed E-state index contributed by atoms with van der Waals surface area (Å²) in [5.41, 5.74) is 0. The van der Waals surface area contributed by atoms with Crippen LogP contribution in [-0.2, 0) is 0 Å². The third-order valence-electron chi connectivity index (χ3n) is 0.946. The molecule has 0 amide bonds. The normalized spacial score (nSPS) is 12.1. The van der Waals surface area contributed by atoms with Crippen molar-refractivity contribution in [2.45, 2.75) is 0 Å². The second kappa shape index (κ2) is 4.73. The van der Waals surface area contributed by atoms with E-state index in [0.29, 0.717) is 0 Å². The monoisotopic (exact) mass is 139 g/mol. The number of likely N-dealkylation sites (N-methyl/N-ethyl adjacent to an activating group) is 1. The van der Waals surface area contributed by atoms with Crippen LogP contribution in [0.2, 0.25) is 0 Å². The molecular weight excluding hydrogens is 126 g/mol. The summed E-state index contributed by atoms with van der Waals surface area (Å²) in [5.74, 6) is 0.811. The van der Waals surface area contributed by atoms with E-state index in [1.807, 2.05) is 19.0 Å². The van der Waals surface area contributed by atoms with Gasteiger partial charge in [0.05, 0.1) is 0 Å². The van der Waals surface area contributed by atoms with Crippen LogP contribution in [0, 0.1) is 0 Å². The molecule has 0 atom stereocenters. The second-order valence-corrected chi connectivity index (χ2v) is 1.96. The molecule has 0 aliphatic rings. The van der Waals surface area contributed by atoms with Crippen LogP contribution in [0.1, 0.15) is 0 Å². The summed E-state index contributed by atoms with van der Waals surface area (Å²) in [7, 11) is 5.49. The lowest BCUT2D eigenvalue weighted by Gasteiger charge is -2.09. The van der Waals surface area contributed by atoms with E-state index in [9.17, 15) is 0 Å². The van der Waals surface area contributed by atoms with E-state index >= 15 is 0 Å². The van der Waals surface area contributed by atoms with Gasteiger partial charge in [-0.2, -0.15) is 0 Å². The van der Waals surface area contributed by atoms with Gasteiger partial charge in [-0.05, 0) is 6.08 Å². The van der Waals surface area contributed by atoms with Crippen molar-refractivity contribution in [2.75, 3.05) is 21.1 Å². The molecule has 0 N–H and O–H groups in total. The van der Waals surface area contributed by atoms with Crippen LogP contribution in [0.5, 0.6) is 0 Å². The van der Waals surface area contributed by atoms with Crippen LogP contribution in [0.15, 0.2) is 22.6 Å². The number of hydrogen-bond acceptors (Lipinski definition) is 1. The highest BCUT2D eigenvalue weighted by Crippen LogP contribution is 1.82. The van der Waals surface area contributed by atoms with E-state index in [-0.39, 0.29) is 0 Å². The Morgan fingerprint density at radius 2 is 2.10 bits per heavy atom. The van der Waals surface area contributed by atoms with Crippen LogP contribution < -0.4 is 0 Å². The molecule has 0 unspecified atom stereocenters. The van der Waals surface area contributed by atoms with E-state index in [1.54, 1.807) is 13.1 Å². The van der Waals surface area contributed by atoms with E-state index < -0.39 is 0 Å². The van der Waals surface area contributed by atoms with E-state index in [0.717, 1.165) is 5.84 Å². The molecule has 0 radical (unpaired) electrons. The molecule has 0 aromatic heterocycles. The molecule has 0 spiro atoms. The van der Waals surface area contributed by atoms with Crippen molar-refractivity contribution < 1.29 is 0 Å². The van der Waals surface area contributed by atoms with Crippen molar-refractivity contribution in [3.63, 3.8) is 0 Å². The van der Waals surface area contributed by atoms with Gasteiger partial charge in [0.1, 0.15) is 12.2 Å². The van der Waals surface area contributed by atoms with Gasteiger partial charge in [-0.1, -0.05) is 6.58 Å². The van der Waals surface area contributed by atoms with Crippen LogP contribution in [0.25, 0.3) is 0 Å². The minimum absolute atomic E-state index is 0.811. The quantitative estimate of drug-likeness (QED) is 0.410. The van der Waals surface area contributed by atoms with Gasteiger partial charge >= 0.3 is 0 Å². The second-order valence-electron chi connectivity index (χ2n) is 1.96. The summed E-state index contributed by atoms with van der Waals surface area (Å²) in [5, 5.41) is 0. The van der Waals surface area contributed by atoms with E-state index in [1.165, 1.54) is 6.34 Å². The third-order valence-corrected chi connectivity index (χ3v) is 0.946. The molecule has 0 aromatic carbocycles. The Labute approximate surface area is 61.8 Å². The Balaban J connectivity index is 4.18. The molecular formula is C7H13N3. The van der Waals surface area contributed by atoms with Crippen LogP contribution in [-0.4, -0.2) is 38.2 Å². The molecule has 0 bridgehead atoms. The van der Waals surface area contributed by atoms with Crippen molar-refractivity contribution in [1.82, 2.24) is 4.90 Å². The van der Waals surface area contributed by atoms with E-state index in [4.69, 9.17) is 0 Å². The topological polar surface area (TPSA) is 28.0 Å². The Morgan fingerprint density at radius 1 is 1.50 bits per heavy atom. The van der Waals surface area contributed by atoms with Crippen molar-refractivity contribution in [2.24, 2.45) is 9.98 Å². The summed E-state index contributed by atoms with van der Waals surface area (Å²) in [6.45, 7) is 3.60. The number of nitrogens with zero attached hydrogens (tertiary/aromatic N) is 3. The molecule has 3 nitrogen and oxygen atoms in total. The molecule has 0 fully saturated rings. The number of rotatable bonds is 2. The minimum Gasteiger partial charge on any atom is -0.363 e. The van der Waals surface area contributed by atoms with Gasteiger partial charge in [-0.15, -0.1) is 0 Å². The molecule has 0 aliphatic heterocycles. The van der Waals surface area contributed by atoms with Gasteiger partial charge in [0, 0.05) is 21.1 Å². The molecule has 0 aliphatic carbocycles. The highest BCUT2D eigenvalue weighted by molar-refractivity contribution is 5.96. The number of aliphatic imine (C=N–C) groups is 2. The van der Waals surface area contributed by atoms with Gasteiger partial charge in [-0.25, -0.2) is 4.99 Å². The predicted octanol–water partition coefficient (Wildman–Crippen LogP) is 0.791. The average Bonchev–Trinajstić information content (AvgIpc) is 1.89. The Hall–Kier alpha value is -1.12. The fraction of sp³-hybridized carbons (Fsp3) is 0.429. The molecule has 56 valence electrons. The van der Waals surface area contributed by atoms with Gasteiger partial charge in [0.2, 0.25) is 0 Å². The first kappa shape index (κ1) is 8.88. The highest BCUT2D eigenvalue weighted by Gasteiger charge is 1.90. The number of amidine groups is 1. The first-order valence-electron chi connectivity index (χ1n) is 3.00. The summed E-state index contributed by atoms with van der Waals surface area (Å²) < 4.78 is 0. The zero-order valence-corrected chi connectivity index (χ0v) is 6.70. The molecule has 3 heteroatoms. The van der Waals surface area contributed by atoms with Gasteiger partial charge in [0.15, 0.2) is 0 Å².